The Morgan fingerprint density at radius 1 is 0.575 bits per heavy atom. The molecule has 8 heteroatoms. The molecule has 4 aromatic carbocycles. The molecule has 0 bridgehead atoms. The number of hydrazone groups is 2. The van der Waals surface area contributed by atoms with Crippen LogP contribution in [0.5, 0.6) is 0 Å². The predicted molar refractivity (Wildman–Crippen MR) is 184 cm³/mol. The summed E-state index contributed by atoms with van der Waals surface area (Å²) >= 11 is 13.6. The van der Waals surface area contributed by atoms with E-state index in [0.29, 0.717) is 8.64 Å². The molecule has 4 aromatic rings. The Balaban J connectivity index is 0.000000220. The van der Waals surface area contributed by atoms with Gasteiger partial charge in [0.2, 0.25) is 0 Å². The minimum absolute atomic E-state index is 0.679. The number of hydrogen-bond donors (Lipinski definition) is 2. The lowest BCUT2D eigenvalue weighted by atomic mass is 10.1. The highest BCUT2D eigenvalue weighted by atomic mass is 32.2. The molecule has 0 atom stereocenters. The Kier molecular flexibility index (Phi) is 14.2. The summed E-state index contributed by atoms with van der Waals surface area (Å²) in [6, 6.07) is 36.7. The zero-order chi connectivity index (χ0) is 28.4. The average Bonchev–Trinajstić information content (AvgIpc) is 2.98. The first kappa shape index (κ1) is 31.2. The van der Waals surface area contributed by atoms with Gasteiger partial charge in [0.05, 0.1) is 12.4 Å². The molecular weight excluding hydrogens is 569 g/mol. The van der Waals surface area contributed by atoms with Gasteiger partial charge >= 0.3 is 0 Å². The van der Waals surface area contributed by atoms with Gasteiger partial charge in [-0.1, -0.05) is 157 Å². The molecule has 4 rings (SSSR count). The van der Waals surface area contributed by atoms with Crippen molar-refractivity contribution in [3.05, 3.63) is 143 Å². The van der Waals surface area contributed by atoms with Crippen LogP contribution in [-0.4, -0.2) is 21.1 Å². The van der Waals surface area contributed by atoms with Crippen LogP contribution in [0, 0.1) is 13.8 Å². The van der Waals surface area contributed by atoms with E-state index in [2.05, 4.69) is 71.3 Å². The molecule has 0 saturated heterocycles. The molecule has 40 heavy (non-hydrogen) atoms. The monoisotopic (exact) mass is 600 g/mol. The van der Waals surface area contributed by atoms with E-state index in [-0.39, 0.29) is 0 Å². The van der Waals surface area contributed by atoms with Crippen molar-refractivity contribution in [3.63, 3.8) is 0 Å². The molecule has 0 unspecified atom stereocenters. The highest BCUT2D eigenvalue weighted by Gasteiger charge is 1.99. The summed E-state index contributed by atoms with van der Waals surface area (Å²) in [5.41, 5.74) is 12.9. The van der Waals surface area contributed by atoms with Gasteiger partial charge in [-0.05, 0) is 47.2 Å². The van der Waals surface area contributed by atoms with Gasteiger partial charge in [-0.15, -0.1) is 0 Å². The lowest BCUT2D eigenvalue weighted by molar-refractivity contribution is 1.07. The van der Waals surface area contributed by atoms with Gasteiger partial charge in [-0.3, -0.25) is 10.9 Å². The van der Waals surface area contributed by atoms with Crippen molar-refractivity contribution in [3.8, 4) is 0 Å². The van der Waals surface area contributed by atoms with Crippen LogP contribution in [0.1, 0.15) is 33.4 Å². The molecule has 0 aromatic heterocycles. The van der Waals surface area contributed by atoms with Crippen LogP contribution >= 0.6 is 48.0 Å². The molecule has 2 N–H and O–H groups in total. The number of thioether (sulfide) groups is 2. The Labute approximate surface area is 256 Å². The van der Waals surface area contributed by atoms with Crippen molar-refractivity contribution in [1.82, 2.24) is 10.9 Å². The summed E-state index contributed by atoms with van der Waals surface area (Å²) in [6.07, 6.45) is 3.59. The molecule has 0 aliphatic heterocycles. The normalized spacial score (nSPS) is 10.7. The smallest absolute Gasteiger partial charge is 0.154 e. The summed E-state index contributed by atoms with van der Waals surface area (Å²) in [5.74, 6) is 1.71. The van der Waals surface area contributed by atoms with Crippen LogP contribution in [-0.2, 0) is 11.5 Å². The van der Waals surface area contributed by atoms with Crippen LogP contribution in [0.2, 0.25) is 0 Å². The van der Waals surface area contributed by atoms with Crippen molar-refractivity contribution in [1.29, 1.82) is 0 Å². The molecule has 0 heterocycles. The minimum Gasteiger partial charge on any atom is -0.262 e. The number of benzene rings is 4. The molecule has 0 amide bonds. The number of aryl methyl sites for hydroxylation is 2. The summed E-state index contributed by atoms with van der Waals surface area (Å²) in [5, 5.41) is 8.36. The van der Waals surface area contributed by atoms with E-state index in [9.17, 15) is 0 Å². The van der Waals surface area contributed by atoms with Crippen molar-refractivity contribution >= 4 is 69.0 Å². The van der Waals surface area contributed by atoms with Crippen molar-refractivity contribution in [2.24, 2.45) is 10.2 Å². The van der Waals surface area contributed by atoms with Gasteiger partial charge in [0.25, 0.3) is 0 Å². The van der Waals surface area contributed by atoms with E-state index in [1.807, 2.05) is 72.8 Å². The molecule has 0 radical (unpaired) electrons. The maximum atomic E-state index is 5.24. The molecule has 0 aliphatic rings. The maximum Gasteiger partial charge on any atom is 0.154 e. The zero-order valence-electron chi connectivity index (χ0n) is 22.5. The van der Waals surface area contributed by atoms with Gasteiger partial charge < -0.3 is 0 Å². The molecular formula is C32H32N4S4. The van der Waals surface area contributed by atoms with Crippen molar-refractivity contribution < 1.29 is 0 Å². The van der Waals surface area contributed by atoms with E-state index in [4.69, 9.17) is 24.4 Å². The second-order valence-corrected chi connectivity index (χ2v) is 11.9. The highest BCUT2D eigenvalue weighted by molar-refractivity contribution is 8.22. The van der Waals surface area contributed by atoms with Gasteiger partial charge in [0.1, 0.15) is 0 Å². The highest BCUT2D eigenvalue weighted by Crippen LogP contribution is 2.13. The Hall–Kier alpha value is -3.30. The number of nitrogens with zero attached hydrogens (tertiary/aromatic N) is 2. The predicted octanol–water partition coefficient (Wildman–Crippen LogP) is 8.27. The number of hydrogen-bond acceptors (Lipinski definition) is 6. The molecule has 0 spiro atoms. The van der Waals surface area contributed by atoms with Gasteiger partial charge in [0.15, 0.2) is 8.64 Å². The van der Waals surface area contributed by atoms with Crippen LogP contribution in [0.4, 0.5) is 0 Å². The van der Waals surface area contributed by atoms with E-state index < -0.39 is 0 Å². The SMILES string of the molecule is Cc1ccccc1/C=N/NC(=S)SCc1ccccc1.Cc1ccccc1/C=N/NC(=S)SCc1ccccc1. The third-order valence-electron chi connectivity index (χ3n) is 5.52. The van der Waals surface area contributed by atoms with E-state index in [1.54, 1.807) is 36.0 Å². The van der Waals surface area contributed by atoms with E-state index in [0.717, 1.165) is 22.6 Å². The van der Waals surface area contributed by atoms with E-state index in [1.165, 1.54) is 22.3 Å². The Morgan fingerprint density at radius 3 is 1.30 bits per heavy atom. The van der Waals surface area contributed by atoms with Crippen molar-refractivity contribution in [2.45, 2.75) is 25.4 Å². The lowest BCUT2D eigenvalue weighted by Gasteiger charge is -2.03. The summed E-state index contributed by atoms with van der Waals surface area (Å²) < 4.78 is 1.36. The quantitative estimate of drug-likeness (QED) is 0.121. The first-order valence-corrected chi connectivity index (χ1v) is 15.4. The average molecular weight is 601 g/mol. The van der Waals surface area contributed by atoms with E-state index >= 15 is 0 Å². The largest absolute Gasteiger partial charge is 0.262 e. The molecule has 4 nitrogen and oxygen atoms in total. The number of thiocarbonyl (C=S) groups is 2. The summed E-state index contributed by atoms with van der Waals surface area (Å²) in [4.78, 5) is 0. The molecule has 0 saturated carbocycles. The van der Waals surface area contributed by atoms with Gasteiger partial charge in [0, 0.05) is 11.5 Å². The Morgan fingerprint density at radius 2 is 0.925 bits per heavy atom. The van der Waals surface area contributed by atoms with Crippen LogP contribution in [0.3, 0.4) is 0 Å². The van der Waals surface area contributed by atoms with Crippen LogP contribution in [0.15, 0.2) is 119 Å². The number of rotatable bonds is 8. The zero-order valence-corrected chi connectivity index (χ0v) is 25.8. The number of nitrogens with one attached hydrogen (secondary N) is 2. The fourth-order valence-corrected chi connectivity index (χ4v) is 4.96. The molecule has 0 aliphatic carbocycles. The fourth-order valence-electron chi connectivity index (χ4n) is 3.28. The maximum absolute atomic E-state index is 5.24. The van der Waals surface area contributed by atoms with Crippen molar-refractivity contribution in [2.75, 3.05) is 0 Å². The summed E-state index contributed by atoms with van der Waals surface area (Å²) in [6.45, 7) is 4.12. The first-order valence-electron chi connectivity index (χ1n) is 12.6. The minimum atomic E-state index is 0.679. The second-order valence-electron chi connectivity index (χ2n) is 8.58. The third-order valence-corrected chi connectivity index (χ3v) is 8.07. The standard InChI is InChI=1S/2C16H16N2S2/c2*1-13-7-5-6-10-15(13)11-17-18-16(19)20-12-14-8-3-2-4-9-14/h2*2-11H,12H2,1H3,(H,18,19)/b2*17-11+. The Bertz CT molecular complexity index is 1300. The van der Waals surface area contributed by atoms with Gasteiger partial charge in [-0.25, -0.2) is 0 Å². The fraction of sp³-hybridized carbons (Fsp3) is 0.125. The third kappa shape index (κ3) is 12.3. The van der Waals surface area contributed by atoms with Crippen LogP contribution in [0.25, 0.3) is 0 Å². The molecule has 204 valence electrons. The first-order chi connectivity index (χ1) is 19.5. The van der Waals surface area contributed by atoms with Gasteiger partial charge in [-0.2, -0.15) is 10.2 Å². The topological polar surface area (TPSA) is 48.8 Å². The molecule has 0 fully saturated rings. The summed E-state index contributed by atoms with van der Waals surface area (Å²) in [7, 11) is 0. The second kappa shape index (κ2) is 18.1. The van der Waals surface area contributed by atoms with Crippen LogP contribution < -0.4 is 10.9 Å². The lowest BCUT2D eigenvalue weighted by Crippen LogP contribution is -2.11.